The van der Waals surface area contributed by atoms with E-state index in [0.29, 0.717) is 23.6 Å². The van der Waals surface area contributed by atoms with Gasteiger partial charge in [-0.2, -0.15) is 11.8 Å². The summed E-state index contributed by atoms with van der Waals surface area (Å²) in [5.41, 5.74) is 0.448. The minimum Gasteiger partial charge on any atom is -0.454 e. The number of hydrogen-bond donors (Lipinski definition) is 2. The fourth-order valence-corrected chi connectivity index (χ4v) is 2.89. The standard InChI is InChI=1S/C19H20BrN3O4S/c1-28-10-9-15(22-18(25)13-5-3-2-4-6-13)19(26)27-12-17(24)23-16-8-7-14(20)11-21-16/h2-8,11,15H,9-10,12H2,1H3,(H,22,25)(H,21,23,24). The van der Waals surface area contributed by atoms with Crippen LogP contribution >= 0.6 is 27.7 Å². The van der Waals surface area contributed by atoms with Gasteiger partial charge in [-0.25, -0.2) is 9.78 Å². The molecule has 1 aromatic heterocycles. The molecule has 9 heteroatoms. The van der Waals surface area contributed by atoms with Gasteiger partial charge < -0.3 is 15.4 Å². The van der Waals surface area contributed by atoms with E-state index < -0.39 is 24.5 Å². The average molecular weight is 466 g/mol. The molecule has 1 heterocycles. The summed E-state index contributed by atoms with van der Waals surface area (Å²) in [6.07, 6.45) is 3.84. The summed E-state index contributed by atoms with van der Waals surface area (Å²) in [6.45, 7) is -0.465. The van der Waals surface area contributed by atoms with Gasteiger partial charge >= 0.3 is 5.97 Å². The molecule has 28 heavy (non-hydrogen) atoms. The van der Waals surface area contributed by atoms with Gasteiger partial charge in [0.05, 0.1) is 0 Å². The zero-order valence-electron chi connectivity index (χ0n) is 15.2. The van der Waals surface area contributed by atoms with Crippen LogP contribution in [0.2, 0.25) is 0 Å². The number of halogens is 1. The second-order valence-electron chi connectivity index (χ2n) is 5.69. The molecular weight excluding hydrogens is 446 g/mol. The Labute approximate surface area is 175 Å². The van der Waals surface area contributed by atoms with E-state index in [1.807, 2.05) is 6.26 Å². The molecule has 0 fully saturated rings. The Kier molecular flexibility index (Phi) is 8.96. The van der Waals surface area contributed by atoms with Gasteiger partial charge in [-0.3, -0.25) is 9.59 Å². The Morgan fingerprint density at radius 3 is 2.57 bits per heavy atom. The molecule has 0 radical (unpaired) electrons. The number of ether oxygens (including phenoxy) is 1. The van der Waals surface area contributed by atoms with Crippen LogP contribution in [-0.4, -0.2) is 47.4 Å². The van der Waals surface area contributed by atoms with E-state index in [1.54, 1.807) is 60.4 Å². The molecule has 1 unspecified atom stereocenters. The van der Waals surface area contributed by atoms with Crippen LogP contribution < -0.4 is 10.6 Å². The number of amides is 2. The molecule has 0 aliphatic carbocycles. The third kappa shape index (κ3) is 7.32. The van der Waals surface area contributed by atoms with Crippen molar-refractivity contribution < 1.29 is 19.1 Å². The van der Waals surface area contributed by atoms with E-state index in [9.17, 15) is 14.4 Å². The highest BCUT2D eigenvalue weighted by Gasteiger charge is 2.23. The van der Waals surface area contributed by atoms with E-state index in [1.165, 1.54) is 0 Å². The number of aromatic nitrogens is 1. The molecule has 2 rings (SSSR count). The van der Waals surface area contributed by atoms with Crippen molar-refractivity contribution in [3.05, 3.63) is 58.7 Å². The summed E-state index contributed by atoms with van der Waals surface area (Å²) in [4.78, 5) is 40.6. The second-order valence-corrected chi connectivity index (χ2v) is 7.59. The first-order valence-corrected chi connectivity index (χ1v) is 10.6. The third-order valence-electron chi connectivity index (χ3n) is 3.58. The smallest absolute Gasteiger partial charge is 0.329 e. The number of nitrogens with zero attached hydrogens (tertiary/aromatic N) is 1. The van der Waals surface area contributed by atoms with Crippen LogP contribution in [-0.2, 0) is 14.3 Å². The van der Waals surface area contributed by atoms with Gasteiger partial charge in [-0.15, -0.1) is 0 Å². The van der Waals surface area contributed by atoms with E-state index in [0.717, 1.165) is 4.47 Å². The Balaban J connectivity index is 1.89. The molecule has 0 bridgehead atoms. The summed E-state index contributed by atoms with van der Waals surface area (Å²) in [5.74, 6) is -0.532. The minimum atomic E-state index is -0.834. The molecule has 1 atom stereocenters. The fraction of sp³-hybridized carbons (Fsp3) is 0.263. The predicted octanol–water partition coefficient (Wildman–Crippen LogP) is 2.88. The molecule has 0 saturated carbocycles. The maximum atomic E-state index is 12.4. The molecule has 0 aliphatic heterocycles. The van der Waals surface area contributed by atoms with Gasteiger partial charge in [-0.1, -0.05) is 18.2 Å². The third-order valence-corrected chi connectivity index (χ3v) is 4.69. The molecular formula is C19H20BrN3O4S. The van der Waals surface area contributed by atoms with Gasteiger partial charge in [-0.05, 0) is 58.6 Å². The first-order valence-electron chi connectivity index (χ1n) is 8.42. The lowest BCUT2D eigenvalue weighted by Crippen LogP contribution is -2.43. The van der Waals surface area contributed by atoms with Crippen molar-refractivity contribution in [1.82, 2.24) is 10.3 Å². The summed E-state index contributed by atoms with van der Waals surface area (Å²) >= 11 is 4.80. The highest BCUT2D eigenvalue weighted by atomic mass is 79.9. The maximum absolute atomic E-state index is 12.4. The van der Waals surface area contributed by atoms with Crippen molar-refractivity contribution in [2.75, 3.05) is 23.9 Å². The van der Waals surface area contributed by atoms with Crippen LogP contribution in [0.5, 0.6) is 0 Å². The van der Waals surface area contributed by atoms with Crippen LogP contribution in [0.1, 0.15) is 16.8 Å². The first-order chi connectivity index (χ1) is 13.5. The predicted molar refractivity (Wildman–Crippen MR) is 112 cm³/mol. The molecule has 7 nitrogen and oxygen atoms in total. The maximum Gasteiger partial charge on any atom is 0.329 e. The van der Waals surface area contributed by atoms with Gasteiger partial charge in [0.15, 0.2) is 6.61 Å². The number of benzene rings is 1. The zero-order chi connectivity index (χ0) is 20.4. The van der Waals surface area contributed by atoms with Crippen molar-refractivity contribution in [2.24, 2.45) is 0 Å². The molecule has 2 N–H and O–H groups in total. The SMILES string of the molecule is CSCCC(NC(=O)c1ccccc1)C(=O)OCC(=O)Nc1ccc(Br)cn1. The molecule has 0 aliphatic rings. The Morgan fingerprint density at radius 1 is 1.18 bits per heavy atom. The van der Waals surface area contributed by atoms with E-state index >= 15 is 0 Å². The van der Waals surface area contributed by atoms with Crippen LogP contribution in [0.3, 0.4) is 0 Å². The summed E-state index contributed by atoms with van der Waals surface area (Å²) in [7, 11) is 0. The molecule has 148 valence electrons. The van der Waals surface area contributed by atoms with Gasteiger partial charge in [0.1, 0.15) is 11.9 Å². The topological polar surface area (TPSA) is 97.4 Å². The Hall–Kier alpha value is -2.39. The Morgan fingerprint density at radius 2 is 1.93 bits per heavy atom. The van der Waals surface area contributed by atoms with Crippen LogP contribution in [0, 0.1) is 0 Å². The molecule has 1 aromatic carbocycles. The highest BCUT2D eigenvalue weighted by molar-refractivity contribution is 9.10. The van der Waals surface area contributed by atoms with Crippen LogP contribution in [0.15, 0.2) is 53.1 Å². The monoisotopic (exact) mass is 465 g/mol. The van der Waals surface area contributed by atoms with Crippen molar-refractivity contribution in [3.8, 4) is 0 Å². The number of rotatable bonds is 9. The number of thioether (sulfide) groups is 1. The summed E-state index contributed by atoms with van der Waals surface area (Å²) < 4.78 is 5.86. The number of nitrogens with one attached hydrogen (secondary N) is 2. The lowest BCUT2D eigenvalue weighted by atomic mass is 10.1. The quantitative estimate of drug-likeness (QED) is 0.552. The lowest BCUT2D eigenvalue weighted by Gasteiger charge is -2.17. The number of carbonyl (C=O) groups excluding carboxylic acids is 3. The molecule has 0 spiro atoms. The minimum absolute atomic E-state index is 0.348. The first kappa shape index (κ1) is 21.9. The number of esters is 1. The number of pyridine rings is 1. The summed E-state index contributed by atoms with van der Waals surface area (Å²) in [6, 6.07) is 11.1. The highest BCUT2D eigenvalue weighted by Crippen LogP contribution is 2.10. The van der Waals surface area contributed by atoms with Crippen molar-refractivity contribution in [2.45, 2.75) is 12.5 Å². The van der Waals surface area contributed by atoms with E-state index in [2.05, 4.69) is 31.5 Å². The number of hydrogen-bond acceptors (Lipinski definition) is 6. The van der Waals surface area contributed by atoms with Crippen molar-refractivity contribution in [3.63, 3.8) is 0 Å². The number of carbonyl (C=O) groups is 3. The molecule has 2 aromatic rings. The van der Waals surface area contributed by atoms with Gasteiger partial charge in [0.2, 0.25) is 0 Å². The fourth-order valence-electron chi connectivity index (χ4n) is 2.18. The summed E-state index contributed by atoms with van der Waals surface area (Å²) in [5, 5.41) is 5.21. The number of anilines is 1. The Bertz CT molecular complexity index is 803. The largest absolute Gasteiger partial charge is 0.454 e. The van der Waals surface area contributed by atoms with Crippen molar-refractivity contribution in [1.29, 1.82) is 0 Å². The lowest BCUT2D eigenvalue weighted by molar-refractivity contribution is -0.149. The van der Waals surface area contributed by atoms with Gasteiger partial charge in [0.25, 0.3) is 11.8 Å². The molecule has 2 amide bonds. The van der Waals surface area contributed by atoms with Crippen LogP contribution in [0.4, 0.5) is 5.82 Å². The average Bonchev–Trinajstić information content (AvgIpc) is 2.71. The van der Waals surface area contributed by atoms with Crippen LogP contribution in [0.25, 0.3) is 0 Å². The second kappa shape index (κ2) is 11.5. The van der Waals surface area contributed by atoms with Crippen molar-refractivity contribution >= 4 is 51.3 Å². The van der Waals surface area contributed by atoms with E-state index in [4.69, 9.17) is 4.74 Å². The molecule has 0 saturated heterocycles. The normalized spacial score (nSPS) is 11.4. The van der Waals surface area contributed by atoms with Gasteiger partial charge in [0, 0.05) is 16.2 Å². The zero-order valence-corrected chi connectivity index (χ0v) is 17.6. The van der Waals surface area contributed by atoms with E-state index in [-0.39, 0.29) is 5.91 Å².